The summed E-state index contributed by atoms with van der Waals surface area (Å²) in [5.74, 6) is 0.585. The van der Waals surface area contributed by atoms with Crippen LogP contribution in [0.15, 0.2) is 30.3 Å². The number of carbonyl (C=O) groups excluding carboxylic acids is 1. The number of carbonyl (C=O) groups is 1. The zero-order chi connectivity index (χ0) is 19.2. The van der Waals surface area contributed by atoms with Crippen LogP contribution in [0.5, 0.6) is 0 Å². The van der Waals surface area contributed by atoms with Gasteiger partial charge in [0, 0.05) is 17.8 Å². The summed E-state index contributed by atoms with van der Waals surface area (Å²) >= 11 is 0. The number of aromatic nitrogens is 2. The number of rotatable bonds is 2. The lowest BCUT2D eigenvalue weighted by atomic mass is 9.96. The fraction of sp³-hybridized carbons (Fsp3) is 0.421. The Bertz CT molecular complexity index is 888. The Labute approximate surface area is 166 Å². The van der Waals surface area contributed by atoms with Crippen LogP contribution in [0.25, 0.3) is 11.3 Å². The van der Waals surface area contributed by atoms with E-state index in [1.165, 1.54) is 12.1 Å². The maximum absolute atomic E-state index is 12.8. The first kappa shape index (κ1) is 20.5. The molecule has 150 valence electrons. The van der Waals surface area contributed by atoms with Crippen LogP contribution in [-0.4, -0.2) is 28.0 Å². The summed E-state index contributed by atoms with van der Waals surface area (Å²) < 4.78 is 38.3. The Kier molecular flexibility index (Phi) is 5.38. The minimum atomic E-state index is -4.37. The number of aryl methyl sites for hydroxylation is 1. The molecule has 0 bridgehead atoms. The van der Waals surface area contributed by atoms with Crippen molar-refractivity contribution < 1.29 is 18.0 Å². The summed E-state index contributed by atoms with van der Waals surface area (Å²) in [5, 5.41) is 6.24. The molecular weight excluding hydrogens is 393 g/mol. The van der Waals surface area contributed by atoms with Crippen molar-refractivity contribution in [2.45, 2.75) is 43.9 Å². The number of nitrogens with one attached hydrogen (secondary N) is 2. The average Bonchev–Trinajstić information content (AvgIpc) is 3.21. The number of amides is 1. The zero-order valence-corrected chi connectivity index (χ0v) is 16.0. The second-order valence-electron chi connectivity index (χ2n) is 7.15. The van der Waals surface area contributed by atoms with Gasteiger partial charge in [0.05, 0.1) is 17.3 Å². The lowest BCUT2D eigenvalue weighted by Crippen LogP contribution is -2.47. The van der Waals surface area contributed by atoms with Crippen molar-refractivity contribution in [3.05, 3.63) is 47.4 Å². The van der Waals surface area contributed by atoms with E-state index in [1.807, 2.05) is 6.92 Å². The van der Waals surface area contributed by atoms with Crippen molar-refractivity contribution in [3.63, 3.8) is 0 Å². The molecule has 28 heavy (non-hydrogen) atoms. The smallest absolute Gasteiger partial charge is 0.354 e. The third kappa shape index (κ3) is 3.71. The molecule has 1 aromatic carbocycles. The monoisotopic (exact) mass is 412 g/mol. The molecule has 0 aliphatic carbocycles. The molecule has 2 fully saturated rings. The Morgan fingerprint density at radius 1 is 1.14 bits per heavy atom. The van der Waals surface area contributed by atoms with Gasteiger partial charge in [-0.1, -0.05) is 12.1 Å². The van der Waals surface area contributed by atoms with Crippen molar-refractivity contribution in [1.82, 2.24) is 20.6 Å². The number of benzene rings is 1. The molecule has 4 rings (SSSR count). The zero-order valence-electron chi connectivity index (χ0n) is 15.1. The largest absolute Gasteiger partial charge is 0.416 e. The van der Waals surface area contributed by atoms with Crippen LogP contribution in [0.4, 0.5) is 13.2 Å². The van der Waals surface area contributed by atoms with Crippen molar-refractivity contribution in [3.8, 4) is 11.3 Å². The van der Waals surface area contributed by atoms with Gasteiger partial charge in [-0.25, -0.2) is 9.97 Å². The molecular formula is C19H20ClF3N4O. The Morgan fingerprint density at radius 3 is 2.46 bits per heavy atom. The number of hydrogen-bond donors (Lipinski definition) is 2. The standard InChI is InChI=1S/C19H19F3N4O.ClH/c1-11-10-15(12-2-4-13(5-3-12)19(20,21)22)25-16(24-11)14-6-7-18(26-14)8-9-23-17(18)27;/h2-5,10,14,26H,6-9H2,1H3,(H,23,27);1H/t14-,18-;/m1./s1. The molecule has 2 N–H and O–H groups in total. The molecule has 0 saturated carbocycles. The van der Waals surface area contributed by atoms with Crippen LogP contribution in [0.3, 0.4) is 0 Å². The molecule has 1 amide bonds. The summed E-state index contributed by atoms with van der Waals surface area (Å²) in [6, 6.07) is 6.54. The molecule has 0 radical (unpaired) electrons. The first-order chi connectivity index (χ1) is 12.8. The highest BCUT2D eigenvalue weighted by Gasteiger charge is 2.48. The van der Waals surface area contributed by atoms with Crippen LogP contribution in [0, 0.1) is 6.92 Å². The van der Waals surface area contributed by atoms with Gasteiger partial charge in [-0.2, -0.15) is 13.2 Å². The predicted molar refractivity (Wildman–Crippen MR) is 99.9 cm³/mol. The number of hydrogen-bond acceptors (Lipinski definition) is 4. The minimum absolute atomic E-state index is 0. The molecule has 2 aliphatic heterocycles. The van der Waals surface area contributed by atoms with Crippen LogP contribution >= 0.6 is 12.4 Å². The first-order valence-corrected chi connectivity index (χ1v) is 8.86. The van der Waals surface area contributed by atoms with Crippen molar-refractivity contribution in [2.24, 2.45) is 0 Å². The molecule has 1 spiro atoms. The molecule has 9 heteroatoms. The second kappa shape index (κ2) is 7.33. The van der Waals surface area contributed by atoms with Crippen molar-refractivity contribution in [1.29, 1.82) is 0 Å². The van der Waals surface area contributed by atoms with E-state index < -0.39 is 17.3 Å². The maximum atomic E-state index is 12.8. The quantitative estimate of drug-likeness (QED) is 0.791. The fourth-order valence-corrected chi connectivity index (χ4v) is 3.84. The first-order valence-electron chi connectivity index (χ1n) is 8.86. The molecule has 3 heterocycles. The van der Waals surface area contributed by atoms with Gasteiger partial charge in [0.25, 0.3) is 0 Å². The van der Waals surface area contributed by atoms with Crippen LogP contribution in [0.1, 0.15) is 42.4 Å². The summed E-state index contributed by atoms with van der Waals surface area (Å²) in [4.78, 5) is 21.2. The van der Waals surface area contributed by atoms with Crippen LogP contribution in [-0.2, 0) is 11.0 Å². The third-order valence-corrected chi connectivity index (χ3v) is 5.27. The average molecular weight is 413 g/mol. The highest BCUT2D eigenvalue weighted by molar-refractivity contribution is 5.88. The normalized spacial score (nSPS) is 24.3. The molecule has 2 aromatic rings. The number of nitrogens with zero attached hydrogens (tertiary/aromatic N) is 2. The van der Waals surface area contributed by atoms with E-state index in [2.05, 4.69) is 20.6 Å². The molecule has 5 nitrogen and oxygen atoms in total. The molecule has 2 atom stereocenters. The summed E-state index contributed by atoms with van der Waals surface area (Å²) in [6.45, 7) is 2.48. The summed E-state index contributed by atoms with van der Waals surface area (Å²) in [6.07, 6.45) is -2.17. The van der Waals surface area contributed by atoms with E-state index in [-0.39, 0.29) is 24.4 Å². The highest BCUT2D eigenvalue weighted by Crippen LogP contribution is 2.36. The lowest BCUT2D eigenvalue weighted by molar-refractivity contribution is -0.137. The van der Waals surface area contributed by atoms with E-state index in [0.717, 1.165) is 37.1 Å². The van der Waals surface area contributed by atoms with Crippen LogP contribution < -0.4 is 10.6 Å². The highest BCUT2D eigenvalue weighted by atomic mass is 35.5. The fourth-order valence-electron chi connectivity index (χ4n) is 3.84. The number of halogens is 4. The van der Waals surface area contributed by atoms with E-state index in [1.54, 1.807) is 6.07 Å². The molecule has 1 aromatic heterocycles. The Balaban J connectivity index is 0.00000225. The summed E-state index contributed by atoms with van der Waals surface area (Å²) in [5.41, 5.74) is 0.662. The number of alkyl halides is 3. The molecule has 2 aliphatic rings. The predicted octanol–water partition coefficient (Wildman–Crippen LogP) is 3.58. The maximum Gasteiger partial charge on any atom is 0.416 e. The van der Waals surface area contributed by atoms with Crippen molar-refractivity contribution >= 4 is 18.3 Å². The van der Waals surface area contributed by atoms with E-state index in [4.69, 9.17) is 0 Å². The van der Waals surface area contributed by atoms with Crippen LogP contribution in [0.2, 0.25) is 0 Å². The van der Waals surface area contributed by atoms with Gasteiger partial charge in [-0.3, -0.25) is 10.1 Å². The van der Waals surface area contributed by atoms with Crippen molar-refractivity contribution in [2.75, 3.05) is 6.54 Å². The lowest BCUT2D eigenvalue weighted by Gasteiger charge is -2.21. The molecule has 0 unspecified atom stereocenters. The van der Waals surface area contributed by atoms with E-state index >= 15 is 0 Å². The third-order valence-electron chi connectivity index (χ3n) is 5.27. The molecule has 2 saturated heterocycles. The second-order valence-corrected chi connectivity index (χ2v) is 7.15. The Morgan fingerprint density at radius 2 is 1.86 bits per heavy atom. The summed E-state index contributed by atoms with van der Waals surface area (Å²) in [7, 11) is 0. The van der Waals surface area contributed by atoms with Gasteiger partial charge in [0.2, 0.25) is 5.91 Å². The van der Waals surface area contributed by atoms with E-state index in [0.29, 0.717) is 23.6 Å². The van der Waals surface area contributed by atoms with Gasteiger partial charge in [0.15, 0.2) is 0 Å². The van der Waals surface area contributed by atoms with Gasteiger partial charge >= 0.3 is 6.18 Å². The topological polar surface area (TPSA) is 66.9 Å². The Hall–Kier alpha value is -2.19. The van der Waals surface area contributed by atoms with Gasteiger partial charge in [-0.05, 0) is 44.4 Å². The van der Waals surface area contributed by atoms with Gasteiger partial charge in [-0.15, -0.1) is 12.4 Å². The van der Waals surface area contributed by atoms with E-state index in [9.17, 15) is 18.0 Å². The minimum Gasteiger partial charge on any atom is -0.354 e. The van der Waals surface area contributed by atoms with Gasteiger partial charge in [0.1, 0.15) is 11.4 Å². The SMILES string of the molecule is Cc1cc(-c2ccc(C(F)(F)F)cc2)nc([C@H]2CC[C@]3(CCNC3=O)N2)n1.Cl. The van der Waals surface area contributed by atoms with Gasteiger partial charge < -0.3 is 5.32 Å².